The first-order valence-electron chi connectivity index (χ1n) is 4.49. The minimum absolute atomic E-state index is 0.503. The van der Waals surface area contributed by atoms with Crippen molar-refractivity contribution in [3.63, 3.8) is 0 Å². The molecule has 1 atom stereocenters. The van der Waals surface area contributed by atoms with Crippen molar-refractivity contribution in [1.29, 1.82) is 0 Å². The van der Waals surface area contributed by atoms with E-state index in [4.69, 9.17) is 5.11 Å². The first-order chi connectivity index (χ1) is 7.00. The SMILES string of the molecule is CC(Nc1cc(N(C)C)ncn1)C(=O)O. The van der Waals surface area contributed by atoms with Crippen LogP contribution < -0.4 is 10.2 Å². The Labute approximate surface area is 88.0 Å². The van der Waals surface area contributed by atoms with E-state index in [-0.39, 0.29) is 0 Å². The molecule has 1 aromatic heterocycles. The predicted molar refractivity (Wildman–Crippen MR) is 57.1 cm³/mol. The van der Waals surface area contributed by atoms with Gasteiger partial charge in [0, 0.05) is 20.2 Å². The molecule has 0 radical (unpaired) electrons. The molecule has 6 nitrogen and oxygen atoms in total. The highest BCUT2D eigenvalue weighted by atomic mass is 16.4. The van der Waals surface area contributed by atoms with Crippen molar-refractivity contribution in [3.8, 4) is 0 Å². The first kappa shape index (κ1) is 11.2. The second kappa shape index (κ2) is 4.59. The van der Waals surface area contributed by atoms with Crippen molar-refractivity contribution in [2.24, 2.45) is 0 Å². The monoisotopic (exact) mass is 210 g/mol. The average Bonchev–Trinajstić information content (AvgIpc) is 2.18. The van der Waals surface area contributed by atoms with Crippen molar-refractivity contribution in [2.75, 3.05) is 24.3 Å². The van der Waals surface area contributed by atoms with Crippen LogP contribution in [-0.4, -0.2) is 41.2 Å². The van der Waals surface area contributed by atoms with Crippen molar-refractivity contribution < 1.29 is 9.90 Å². The molecule has 2 N–H and O–H groups in total. The smallest absolute Gasteiger partial charge is 0.325 e. The van der Waals surface area contributed by atoms with E-state index in [1.807, 2.05) is 19.0 Å². The molecule has 1 aromatic rings. The molecule has 0 amide bonds. The standard InChI is InChI=1S/C9H14N4O2/c1-6(9(14)15)12-7-4-8(13(2)3)11-5-10-7/h4-6H,1-3H3,(H,14,15)(H,10,11,12). The lowest BCUT2D eigenvalue weighted by Crippen LogP contribution is -2.26. The summed E-state index contributed by atoms with van der Waals surface area (Å²) in [5.41, 5.74) is 0. The summed E-state index contributed by atoms with van der Waals surface area (Å²) in [6, 6.07) is 1.02. The predicted octanol–water partition coefficient (Wildman–Crippen LogP) is 0.428. The van der Waals surface area contributed by atoms with E-state index in [0.717, 1.165) is 5.82 Å². The van der Waals surface area contributed by atoms with Gasteiger partial charge in [-0.15, -0.1) is 0 Å². The normalized spacial score (nSPS) is 11.9. The quantitative estimate of drug-likeness (QED) is 0.750. The third kappa shape index (κ3) is 3.08. The summed E-state index contributed by atoms with van der Waals surface area (Å²) in [5, 5.41) is 11.5. The number of carboxylic acid groups (broad SMARTS) is 1. The van der Waals surface area contributed by atoms with Gasteiger partial charge in [-0.2, -0.15) is 0 Å². The highest BCUT2D eigenvalue weighted by Gasteiger charge is 2.11. The zero-order valence-corrected chi connectivity index (χ0v) is 8.93. The summed E-state index contributed by atoms with van der Waals surface area (Å²) in [7, 11) is 3.71. The van der Waals surface area contributed by atoms with Crippen molar-refractivity contribution >= 4 is 17.6 Å². The van der Waals surface area contributed by atoms with Crippen molar-refractivity contribution in [1.82, 2.24) is 9.97 Å². The van der Waals surface area contributed by atoms with E-state index in [2.05, 4.69) is 15.3 Å². The lowest BCUT2D eigenvalue weighted by atomic mass is 10.3. The van der Waals surface area contributed by atoms with Crippen LogP contribution >= 0.6 is 0 Å². The zero-order valence-electron chi connectivity index (χ0n) is 8.93. The minimum atomic E-state index is -0.917. The number of carbonyl (C=O) groups is 1. The van der Waals surface area contributed by atoms with Gasteiger partial charge in [-0.25, -0.2) is 9.97 Å². The number of hydrogen-bond acceptors (Lipinski definition) is 5. The molecule has 82 valence electrons. The highest BCUT2D eigenvalue weighted by molar-refractivity contribution is 5.76. The second-order valence-electron chi connectivity index (χ2n) is 3.36. The third-order valence-electron chi connectivity index (χ3n) is 1.85. The van der Waals surface area contributed by atoms with Gasteiger partial charge in [0.05, 0.1) is 0 Å². The highest BCUT2D eigenvalue weighted by Crippen LogP contribution is 2.11. The van der Waals surface area contributed by atoms with Crippen LogP contribution in [0.4, 0.5) is 11.6 Å². The Kier molecular flexibility index (Phi) is 3.43. The fourth-order valence-electron chi connectivity index (χ4n) is 0.954. The molecule has 1 unspecified atom stereocenters. The van der Waals surface area contributed by atoms with E-state index >= 15 is 0 Å². The van der Waals surface area contributed by atoms with Gasteiger partial charge in [0.1, 0.15) is 24.0 Å². The molecule has 0 aromatic carbocycles. The van der Waals surface area contributed by atoms with Gasteiger partial charge in [0.25, 0.3) is 0 Å². The molecule has 0 saturated heterocycles. The molecular weight excluding hydrogens is 196 g/mol. The second-order valence-corrected chi connectivity index (χ2v) is 3.36. The average molecular weight is 210 g/mol. The third-order valence-corrected chi connectivity index (χ3v) is 1.85. The first-order valence-corrected chi connectivity index (χ1v) is 4.49. The van der Waals surface area contributed by atoms with Gasteiger partial charge < -0.3 is 15.3 Å². The lowest BCUT2D eigenvalue weighted by Gasteiger charge is -2.13. The largest absolute Gasteiger partial charge is 0.480 e. The molecule has 0 bridgehead atoms. The molecule has 0 aliphatic carbocycles. The van der Waals surface area contributed by atoms with Gasteiger partial charge in [0.15, 0.2) is 0 Å². The Morgan fingerprint density at radius 3 is 2.73 bits per heavy atom. The van der Waals surface area contributed by atoms with Crippen LogP contribution in [-0.2, 0) is 4.79 Å². The van der Waals surface area contributed by atoms with Gasteiger partial charge in [0.2, 0.25) is 0 Å². The molecule has 6 heteroatoms. The zero-order chi connectivity index (χ0) is 11.4. The van der Waals surface area contributed by atoms with E-state index < -0.39 is 12.0 Å². The van der Waals surface area contributed by atoms with Gasteiger partial charge in [-0.1, -0.05) is 0 Å². The molecule has 15 heavy (non-hydrogen) atoms. The fraction of sp³-hybridized carbons (Fsp3) is 0.444. The summed E-state index contributed by atoms with van der Waals surface area (Å²) in [5.74, 6) is 0.314. The van der Waals surface area contributed by atoms with E-state index in [9.17, 15) is 4.79 Å². The van der Waals surface area contributed by atoms with Crippen LogP contribution in [0.3, 0.4) is 0 Å². The molecule has 0 aliphatic rings. The van der Waals surface area contributed by atoms with Crippen LogP contribution in [0.1, 0.15) is 6.92 Å². The summed E-state index contributed by atoms with van der Waals surface area (Å²) in [4.78, 5) is 20.4. The molecule has 0 spiro atoms. The van der Waals surface area contributed by atoms with Gasteiger partial charge in [-0.3, -0.25) is 4.79 Å². The molecule has 0 aliphatic heterocycles. The molecule has 0 fully saturated rings. The van der Waals surface area contributed by atoms with Crippen molar-refractivity contribution in [2.45, 2.75) is 13.0 Å². The molecular formula is C9H14N4O2. The van der Waals surface area contributed by atoms with Crippen LogP contribution in [0.5, 0.6) is 0 Å². The Morgan fingerprint density at radius 2 is 2.20 bits per heavy atom. The van der Waals surface area contributed by atoms with E-state index in [1.54, 1.807) is 13.0 Å². The number of nitrogens with zero attached hydrogens (tertiary/aromatic N) is 3. The van der Waals surface area contributed by atoms with E-state index in [0.29, 0.717) is 5.82 Å². The summed E-state index contributed by atoms with van der Waals surface area (Å²) in [6.45, 7) is 1.56. The summed E-state index contributed by atoms with van der Waals surface area (Å²) < 4.78 is 0. The number of carboxylic acids is 1. The van der Waals surface area contributed by atoms with Gasteiger partial charge in [-0.05, 0) is 6.92 Å². The Balaban J connectivity index is 2.78. The molecule has 0 saturated carbocycles. The Morgan fingerprint density at radius 1 is 1.53 bits per heavy atom. The fourth-order valence-corrected chi connectivity index (χ4v) is 0.954. The Hall–Kier alpha value is -1.85. The van der Waals surface area contributed by atoms with Crippen LogP contribution in [0.2, 0.25) is 0 Å². The van der Waals surface area contributed by atoms with Crippen LogP contribution in [0.25, 0.3) is 0 Å². The maximum Gasteiger partial charge on any atom is 0.325 e. The van der Waals surface area contributed by atoms with Crippen LogP contribution in [0, 0.1) is 0 Å². The van der Waals surface area contributed by atoms with Crippen LogP contribution in [0.15, 0.2) is 12.4 Å². The number of aromatic nitrogens is 2. The van der Waals surface area contributed by atoms with E-state index in [1.165, 1.54) is 6.33 Å². The van der Waals surface area contributed by atoms with Crippen molar-refractivity contribution in [3.05, 3.63) is 12.4 Å². The minimum Gasteiger partial charge on any atom is -0.480 e. The maximum atomic E-state index is 10.6. The number of anilines is 2. The number of rotatable bonds is 4. The number of nitrogens with one attached hydrogen (secondary N) is 1. The molecule has 1 heterocycles. The lowest BCUT2D eigenvalue weighted by molar-refractivity contribution is -0.137. The summed E-state index contributed by atoms with van der Waals surface area (Å²) >= 11 is 0. The Bertz CT molecular complexity index is 354. The summed E-state index contributed by atoms with van der Waals surface area (Å²) in [6.07, 6.45) is 1.40. The number of hydrogen-bond donors (Lipinski definition) is 2. The maximum absolute atomic E-state index is 10.6. The molecule has 1 rings (SSSR count). The topological polar surface area (TPSA) is 78.3 Å². The van der Waals surface area contributed by atoms with Gasteiger partial charge >= 0.3 is 5.97 Å². The number of aliphatic carboxylic acids is 1.